The van der Waals surface area contributed by atoms with E-state index in [0.29, 0.717) is 34.0 Å². The van der Waals surface area contributed by atoms with Crippen LogP contribution in [0.25, 0.3) is 165 Å². The zero-order valence-electron chi connectivity index (χ0n) is 83.4. The number of nitrogens with one attached hydrogen (secondary N) is 4. The number of hydrogen-bond acceptors (Lipinski definition) is 6. The molecule has 6 aromatic heterocycles. The minimum absolute atomic E-state index is 0.198. The molecule has 0 radical (unpaired) electrons. The van der Waals surface area contributed by atoms with E-state index in [0.717, 1.165) is 168 Å². The molecule has 0 spiro atoms. The molecule has 132 heavy (non-hydrogen) atoms. The molecule has 5 aromatic carbocycles. The van der Waals surface area contributed by atoms with Gasteiger partial charge in [-0.1, -0.05) is 335 Å². The summed E-state index contributed by atoms with van der Waals surface area (Å²) in [6, 6.07) is 53.0. The van der Waals surface area contributed by atoms with E-state index in [1.165, 1.54) is 45.5 Å². The maximum atomic E-state index is 12.2. The summed E-state index contributed by atoms with van der Waals surface area (Å²) in [5.74, 6) is -2.14. The van der Waals surface area contributed by atoms with Crippen molar-refractivity contribution in [1.82, 2.24) is 39.9 Å². The first-order chi connectivity index (χ1) is 61.3. The summed E-state index contributed by atoms with van der Waals surface area (Å²) in [6.45, 7) is 68.6. The maximum absolute atomic E-state index is 12.2. The van der Waals surface area contributed by atoms with E-state index >= 15 is 0 Å². The van der Waals surface area contributed by atoms with Gasteiger partial charge in [-0.15, -0.1) is 0 Å². The maximum Gasteiger partial charge on any atom is 0.328 e. The lowest BCUT2D eigenvalue weighted by Gasteiger charge is -2.26. The van der Waals surface area contributed by atoms with E-state index in [-0.39, 0.29) is 54.1 Å². The number of nitrogens with zero attached hydrogens (tertiary/aromatic N) is 4. The molecule has 678 valence electrons. The quantitative estimate of drug-likeness (QED) is 0.0515. The topological polar surface area (TPSA) is 189 Å². The second kappa shape index (κ2) is 33.8. The van der Waals surface area contributed by atoms with Gasteiger partial charge in [0.15, 0.2) is 0 Å². The summed E-state index contributed by atoms with van der Waals surface area (Å²) < 4.78 is 0. The van der Waals surface area contributed by atoms with E-state index in [4.69, 9.17) is 19.9 Å². The summed E-state index contributed by atoms with van der Waals surface area (Å²) in [5, 5.41) is 20.0. The van der Waals surface area contributed by atoms with Crippen molar-refractivity contribution in [3.8, 4) is 66.8 Å². The highest BCUT2D eigenvalue weighted by Gasteiger charge is 2.33. The first-order valence-electron chi connectivity index (χ1n) is 46.7. The molecule has 0 unspecified atom stereocenters. The Bertz CT molecular complexity index is 6960. The van der Waals surface area contributed by atoms with Gasteiger partial charge in [0.05, 0.1) is 45.6 Å². The third kappa shape index (κ3) is 19.7. The summed E-state index contributed by atoms with van der Waals surface area (Å²) in [5.41, 5.74) is 33.9. The Morgan fingerprint density at radius 2 is 0.462 bits per heavy atom. The monoisotopic (exact) mass is 1750 g/mol. The van der Waals surface area contributed by atoms with E-state index < -0.39 is 11.9 Å². The van der Waals surface area contributed by atoms with Gasteiger partial charge in [0.1, 0.15) is 0 Å². The van der Waals surface area contributed by atoms with Crippen LogP contribution in [-0.4, -0.2) is 62.0 Å². The van der Waals surface area contributed by atoms with Gasteiger partial charge in [0, 0.05) is 106 Å². The number of carboxylic acids is 2. The highest BCUT2D eigenvalue weighted by atomic mass is 16.4. The Morgan fingerprint density at radius 3 is 0.712 bits per heavy atom. The second-order valence-corrected chi connectivity index (χ2v) is 46.9. The van der Waals surface area contributed by atoms with Crippen LogP contribution in [0.15, 0.2) is 182 Å². The molecule has 0 saturated carbocycles. The van der Waals surface area contributed by atoms with Crippen molar-refractivity contribution in [2.24, 2.45) is 0 Å². The minimum Gasteiger partial charge on any atom is -0.478 e. The van der Waals surface area contributed by atoms with Crippen molar-refractivity contribution < 1.29 is 19.8 Å². The highest BCUT2D eigenvalue weighted by molar-refractivity contribution is 6.07. The second-order valence-electron chi connectivity index (χ2n) is 46.9. The average Bonchev–Trinajstić information content (AvgIpc) is 1.58. The summed E-state index contributed by atoms with van der Waals surface area (Å²) >= 11 is 0. The predicted octanol–water partition coefficient (Wildman–Crippen LogP) is 31.8. The fourth-order valence-electron chi connectivity index (χ4n) is 17.6. The molecule has 16 bridgehead atoms. The van der Waals surface area contributed by atoms with E-state index in [2.05, 4.69) is 404 Å². The standard InChI is InChI=1S/C120H134N8O4/c1-111(2,3)76-51-71(52-77(63-76)112(4,5)6)104-86-39-41-88(121-86)105(72-53-78(113(7,8)9)64-79(54-72)114(10,11)12)90-43-47-94(123-90)109(95-48-44-91(124-95)106(89-42-40-87(104)122-89)73-55-80(115(13,14)15)65-81(56-73)116(16,17)18)110-96-49-45-92(125-96)107(74-57-82(117(19,20)21)66-83(58-74)118(22,23)24)100-61-69(35-31-33-37-102(129)130)98(127-100)68-99-70(36-32-34-38-103(131)132)62-101(128-99)108(93-46-50-97(110)126-93)75-59-84(119(25,26)27)67-85(60-75)120(28,29)30/h31-68,121,124-125,128H,1-30H3,(H,129,130)(H,131,132)/b35-31+,36-32+,37-33-,38-34-,98-68?,99-68?,104-86?,104-87?,105-88?,105-90?,106-89?,106-91?,107-92?,107-100?,108-93?,108-101?,109-94?,109-95?,110-96?,110-97?. The summed E-state index contributed by atoms with van der Waals surface area (Å²) in [6.07, 6.45) is 27.9. The fraction of sp³-hybridized carbons (Fsp3) is 0.333. The Morgan fingerprint density at radius 1 is 0.242 bits per heavy atom. The van der Waals surface area contributed by atoms with Crippen LogP contribution in [0.3, 0.4) is 0 Å². The SMILES string of the molecule is CC(C)(C)c1cc(-c2c3nc(c(-c4c5nc(c(-c6cc(C(C)(C)C)cc(C(C)(C)C)c6)c6ccc([nH]6)c(-c6cc(C(C)(C)C)cc(C(C)(C)C)c6)c6nc(c(-c7cc(C(C)(C)C)cc(C(C)(C)C)c7)c7ccc4[nH]7)C=C6)C=C5)c4ccc([nH]4)c(-c4cc(C(C)(C)C)cc(C(C)(C)C)c4)c4nc(cc5[nH]c2cc5/C=C/C=C\C(=O)O)C(/C=C/C=C\C(=O)O)=C4)C=C3)cc(C(C)(C)C)c1. The van der Waals surface area contributed by atoms with Crippen LogP contribution in [0.1, 0.15) is 314 Å². The number of benzene rings is 5. The third-order valence-corrected chi connectivity index (χ3v) is 25.9. The Balaban J connectivity index is 1.22. The number of H-pyrrole nitrogens is 4. The predicted molar refractivity (Wildman–Crippen MR) is 562 cm³/mol. The van der Waals surface area contributed by atoms with Crippen molar-refractivity contribution in [2.45, 2.75) is 262 Å². The zero-order chi connectivity index (χ0) is 95.8. The van der Waals surface area contributed by atoms with Crippen LogP contribution in [0.5, 0.6) is 0 Å². The van der Waals surface area contributed by atoms with Crippen molar-refractivity contribution in [2.75, 3.05) is 0 Å². The molecule has 12 nitrogen and oxygen atoms in total. The van der Waals surface area contributed by atoms with E-state index in [1.54, 1.807) is 12.2 Å². The van der Waals surface area contributed by atoms with Gasteiger partial charge in [-0.05, 0) is 229 Å². The molecule has 4 aliphatic heterocycles. The van der Waals surface area contributed by atoms with E-state index in [9.17, 15) is 19.8 Å². The van der Waals surface area contributed by atoms with Crippen LogP contribution in [0.4, 0.5) is 0 Å². The summed E-state index contributed by atoms with van der Waals surface area (Å²) in [7, 11) is 0. The van der Waals surface area contributed by atoms with Gasteiger partial charge in [-0.2, -0.15) is 0 Å². The number of carbonyl (C=O) groups is 2. The van der Waals surface area contributed by atoms with Crippen LogP contribution in [-0.2, 0) is 63.7 Å². The van der Waals surface area contributed by atoms with Crippen LogP contribution >= 0.6 is 0 Å². The number of aromatic nitrogens is 8. The zero-order valence-corrected chi connectivity index (χ0v) is 83.4. The van der Waals surface area contributed by atoms with Crippen molar-refractivity contribution in [3.05, 3.63) is 289 Å². The summed E-state index contributed by atoms with van der Waals surface area (Å²) in [4.78, 5) is 65.3. The van der Waals surface area contributed by atoms with Crippen LogP contribution in [0.2, 0.25) is 0 Å². The van der Waals surface area contributed by atoms with Crippen LogP contribution < -0.4 is 0 Å². The molecule has 0 aliphatic carbocycles. The van der Waals surface area contributed by atoms with Crippen LogP contribution in [0, 0.1) is 0 Å². The number of hydrogen-bond donors (Lipinski definition) is 6. The fourth-order valence-corrected chi connectivity index (χ4v) is 17.6. The van der Waals surface area contributed by atoms with Crippen molar-refractivity contribution >= 4 is 110 Å². The molecule has 0 fully saturated rings. The molecule has 15 rings (SSSR count). The van der Waals surface area contributed by atoms with Crippen molar-refractivity contribution in [3.63, 3.8) is 0 Å². The van der Waals surface area contributed by atoms with Gasteiger partial charge in [-0.25, -0.2) is 29.5 Å². The number of rotatable bonds is 12. The molecular formula is C120H134N8O4. The number of allylic oxidation sites excluding steroid dienone is 6. The molecule has 11 aromatic rings. The molecule has 4 aliphatic rings. The highest BCUT2D eigenvalue weighted by Crippen LogP contribution is 2.49. The Kier molecular flexibility index (Phi) is 24.0. The smallest absolute Gasteiger partial charge is 0.328 e. The molecule has 0 atom stereocenters. The lowest BCUT2D eigenvalue weighted by molar-refractivity contribution is -0.132. The molecule has 6 N–H and O–H groups in total. The first kappa shape index (κ1) is 93.9. The van der Waals surface area contributed by atoms with Gasteiger partial charge in [0.2, 0.25) is 0 Å². The molecule has 12 heteroatoms. The van der Waals surface area contributed by atoms with Gasteiger partial charge in [-0.3, -0.25) is 0 Å². The Hall–Kier alpha value is -12.8. The normalized spacial score (nSPS) is 13.9. The van der Waals surface area contributed by atoms with Crippen molar-refractivity contribution in [1.29, 1.82) is 0 Å². The molecule has 10 heterocycles. The largest absolute Gasteiger partial charge is 0.478 e. The number of carboxylic acid groups (broad SMARTS) is 2. The lowest BCUT2D eigenvalue weighted by atomic mass is 9.78. The molecule has 0 saturated heterocycles. The molecular weight excluding hydrogens is 1620 g/mol. The van der Waals surface area contributed by atoms with Gasteiger partial charge < -0.3 is 30.1 Å². The number of aromatic amines is 4. The first-order valence-corrected chi connectivity index (χ1v) is 46.7. The van der Waals surface area contributed by atoms with E-state index in [1.807, 2.05) is 18.2 Å². The number of aliphatic carboxylic acids is 2. The number of fused-ring (bicyclic) bond motifs is 16. The third-order valence-electron chi connectivity index (χ3n) is 25.9. The lowest BCUT2D eigenvalue weighted by Crippen LogP contribution is -2.16. The molecule has 0 amide bonds. The van der Waals surface area contributed by atoms with Gasteiger partial charge >= 0.3 is 11.9 Å². The minimum atomic E-state index is -1.07. The van der Waals surface area contributed by atoms with Gasteiger partial charge in [0.25, 0.3) is 0 Å². The Labute approximate surface area is 782 Å². The average molecular weight is 1750 g/mol.